The van der Waals surface area contributed by atoms with Crippen LogP contribution in [0.3, 0.4) is 0 Å². The molecular weight excluding hydrogens is 166 g/mol. The zero-order valence-corrected chi connectivity index (χ0v) is 8.46. The molecule has 0 aromatic carbocycles. The predicted octanol–water partition coefficient (Wildman–Crippen LogP) is 1.60. The highest BCUT2D eigenvalue weighted by Gasteiger charge is 2.13. The van der Waals surface area contributed by atoms with Gasteiger partial charge in [-0.3, -0.25) is 9.48 Å². The highest BCUT2D eigenvalue weighted by molar-refractivity contribution is 5.87. The molecule has 0 fully saturated rings. The Balaban J connectivity index is 2.81. The zero-order valence-electron chi connectivity index (χ0n) is 8.46. The number of rotatable bonds is 1. The number of nitrogens with zero attached hydrogens (tertiary/aromatic N) is 2. The predicted molar refractivity (Wildman–Crippen MR) is 51.5 cm³/mol. The van der Waals surface area contributed by atoms with Gasteiger partial charge in [-0.1, -0.05) is 0 Å². The molecule has 0 radical (unpaired) electrons. The van der Waals surface area contributed by atoms with Gasteiger partial charge in [-0.25, -0.2) is 0 Å². The van der Waals surface area contributed by atoms with Gasteiger partial charge >= 0.3 is 0 Å². The van der Waals surface area contributed by atoms with E-state index in [0.29, 0.717) is 5.82 Å². The summed E-state index contributed by atoms with van der Waals surface area (Å²) >= 11 is 0. The smallest absolute Gasteiger partial charge is 0.222 e. The molecule has 13 heavy (non-hydrogen) atoms. The molecule has 0 unspecified atom stereocenters. The number of anilines is 1. The third-order valence-corrected chi connectivity index (χ3v) is 1.58. The van der Waals surface area contributed by atoms with Gasteiger partial charge in [0.25, 0.3) is 0 Å². The number of nitrogens with one attached hydrogen (secondary N) is 1. The zero-order chi connectivity index (χ0) is 10.1. The van der Waals surface area contributed by atoms with Gasteiger partial charge in [0.05, 0.1) is 5.54 Å². The number of amides is 1. The molecule has 1 heterocycles. The van der Waals surface area contributed by atoms with Crippen LogP contribution in [0.2, 0.25) is 0 Å². The Kier molecular flexibility index (Phi) is 2.40. The Hall–Kier alpha value is -1.32. The van der Waals surface area contributed by atoms with Crippen molar-refractivity contribution >= 4 is 11.7 Å². The molecular formula is C9H15N3O. The second-order valence-electron chi connectivity index (χ2n) is 4.00. The summed E-state index contributed by atoms with van der Waals surface area (Å²) in [4.78, 5) is 10.7. The van der Waals surface area contributed by atoms with E-state index < -0.39 is 0 Å². The van der Waals surface area contributed by atoms with Crippen LogP contribution in [0.4, 0.5) is 5.82 Å². The largest absolute Gasteiger partial charge is 0.309 e. The highest BCUT2D eigenvalue weighted by Crippen LogP contribution is 2.14. The van der Waals surface area contributed by atoms with Crippen molar-refractivity contribution in [2.24, 2.45) is 0 Å². The molecule has 0 spiro atoms. The molecule has 0 aliphatic carbocycles. The fourth-order valence-electron chi connectivity index (χ4n) is 0.945. The number of carbonyl (C=O) groups is 1. The molecule has 0 saturated carbocycles. The summed E-state index contributed by atoms with van der Waals surface area (Å²) in [5.41, 5.74) is -0.0449. The summed E-state index contributed by atoms with van der Waals surface area (Å²) in [6.45, 7) is 7.63. The van der Waals surface area contributed by atoms with Gasteiger partial charge in [-0.05, 0) is 20.8 Å². The summed E-state index contributed by atoms with van der Waals surface area (Å²) in [5, 5.41) is 6.83. The first-order chi connectivity index (χ1) is 5.89. The minimum absolute atomic E-state index is 0.0449. The van der Waals surface area contributed by atoms with Gasteiger partial charge in [0.2, 0.25) is 5.91 Å². The van der Waals surface area contributed by atoms with Gasteiger partial charge in [0.15, 0.2) is 5.82 Å². The van der Waals surface area contributed by atoms with E-state index in [9.17, 15) is 4.79 Å². The van der Waals surface area contributed by atoms with E-state index in [4.69, 9.17) is 0 Å². The minimum Gasteiger partial charge on any atom is -0.309 e. The van der Waals surface area contributed by atoms with Crippen LogP contribution in [0.15, 0.2) is 12.3 Å². The average Bonchev–Trinajstić information content (AvgIpc) is 2.32. The van der Waals surface area contributed by atoms with E-state index in [0.717, 1.165) is 0 Å². The van der Waals surface area contributed by atoms with Crippen molar-refractivity contribution < 1.29 is 4.79 Å². The first kappa shape index (κ1) is 9.77. The lowest BCUT2D eigenvalue weighted by Crippen LogP contribution is -2.22. The van der Waals surface area contributed by atoms with Crippen LogP contribution in [0.1, 0.15) is 27.7 Å². The van der Waals surface area contributed by atoms with Crippen LogP contribution < -0.4 is 5.32 Å². The third kappa shape index (κ3) is 2.57. The lowest BCUT2D eigenvalue weighted by Gasteiger charge is -2.18. The molecule has 0 aliphatic rings. The van der Waals surface area contributed by atoms with Crippen molar-refractivity contribution in [1.29, 1.82) is 0 Å². The van der Waals surface area contributed by atoms with Crippen LogP contribution in [0.5, 0.6) is 0 Å². The second-order valence-corrected chi connectivity index (χ2v) is 4.00. The van der Waals surface area contributed by atoms with Crippen molar-refractivity contribution in [2.75, 3.05) is 5.32 Å². The summed E-state index contributed by atoms with van der Waals surface area (Å²) in [6.07, 6.45) is 1.85. The van der Waals surface area contributed by atoms with Gasteiger partial charge in [-0.2, -0.15) is 5.10 Å². The van der Waals surface area contributed by atoms with Crippen LogP contribution in [-0.2, 0) is 10.3 Å². The summed E-state index contributed by atoms with van der Waals surface area (Å²) in [5.74, 6) is 0.501. The number of carbonyl (C=O) groups excluding carboxylic acids is 1. The first-order valence-corrected chi connectivity index (χ1v) is 4.23. The lowest BCUT2D eigenvalue weighted by molar-refractivity contribution is -0.114. The monoisotopic (exact) mass is 181 g/mol. The SMILES string of the molecule is CC(=O)Nc1ccn(C(C)(C)C)n1. The number of hydrogen-bond donors (Lipinski definition) is 1. The van der Waals surface area contributed by atoms with Gasteiger partial charge in [-0.15, -0.1) is 0 Å². The molecule has 0 saturated heterocycles. The van der Waals surface area contributed by atoms with Crippen molar-refractivity contribution in [3.05, 3.63) is 12.3 Å². The van der Waals surface area contributed by atoms with Crippen LogP contribution in [0, 0.1) is 0 Å². The molecule has 1 aromatic rings. The van der Waals surface area contributed by atoms with E-state index in [1.54, 1.807) is 6.07 Å². The Morgan fingerprint density at radius 1 is 1.54 bits per heavy atom. The van der Waals surface area contributed by atoms with E-state index >= 15 is 0 Å². The molecule has 0 bridgehead atoms. The molecule has 0 aliphatic heterocycles. The summed E-state index contributed by atoms with van der Waals surface area (Å²) < 4.78 is 1.82. The molecule has 1 amide bonds. The third-order valence-electron chi connectivity index (χ3n) is 1.58. The molecule has 72 valence electrons. The fraction of sp³-hybridized carbons (Fsp3) is 0.556. The fourth-order valence-corrected chi connectivity index (χ4v) is 0.945. The number of aromatic nitrogens is 2. The standard InChI is InChI=1S/C9H15N3O/c1-7(13)10-8-5-6-12(11-8)9(2,3)4/h5-6H,1-4H3,(H,10,11,13). The molecule has 1 N–H and O–H groups in total. The highest BCUT2D eigenvalue weighted by atomic mass is 16.1. The Bertz CT molecular complexity index is 309. The normalized spacial score (nSPS) is 11.4. The van der Waals surface area contributed by atoms with Crippen molar-refractivity contribution in [1.82, 2.24) is 9.78 Å². The quantitative estimate of drug-likeness (QED) is 0.715. The van der Waals surface area contributed by atoms with Crippen molar-refractivity contribution in [3.8, 4) is 0 Å². The Labute approximate surface area is 77.9 Å². The summed E-state index contributed by atoms with van der Waals surface area (Å²) in [6, 6.07) is 1.78. The minimum atomic E-state index is -0.0980. The maximum atomic E-state index is 10.7. The molecule has 0 atom stereocenters. The van der Waals surface area contributed by atoms with E-state index in [1.807, 2.05) is 10.9 Å². The maximum Gasteiger partial charge on any atom is 0.222 e. The van der Waals surface area contributed by atoms with Crippen molar-refractivity contribution in [3.63, 3.8) is 0 Å². The van der Waals surface area contributed by atoms with E-state index in [1.165, 1.54) is 6.92 Å². The van der Waals surface area contributed by atoms with Gasteiger partial charge in [0, 0.05) is 19.2 Å². The second kappa shape index (κ2) is 3.20. The van der Waals surface area contributed by atoms with Crippen LogP contribution >= 0.6 is 0 Å². The maximum absolute atomic E-state index is 10.7. The molecule has 1 aromatic heterocycles. The molecule has 1 rings (SSSR count). The Morgan fingerprint density at radius 2 is 2.15 bits per heavy atom. The van der Waals surface area contributed by atoms with Crippen LogP contribution in [0.25, 0.3) is 0 Å². The summed E-state index contributed by atoms with van der Waals surface area (Å²) in [7, 11) is 0. The van der Waals surface area contributed by atoms with Crippen LogP contribution in [-0.4, -0.2) is 15.7 Å². The van der Waals surface area contributed by atoms with E-state index in [2.05, 4.69) is 31.2 Å². The van der Waals surface area contributed by atoms with Gasteiger partial charge < -0.3 is 5.32 Å². The lowest BCUT2D eigenvalue weighted by atomic mass is 10.1. The van der Waals surface area contributed by atoms with E-state index in [-0.39, 0.29) is 11.4 Å². The number of hydrogen-bond acceptors (Lipinski definition) is 2. The Morgan fingerprint density at radius 3 is 2.54 bits per heavy atom. The first-order valence-electron chi connectivity index (χ1n) is 4.23. The average molecular weight is 181 g/mol. The molecule has 4 nitrogen and oxygen atoms in total. The topological polar surface area (TPSA) is 46.9 Å². The molecule has 4 heteroatoms. The van der Waals surface area contributed by atoms with Crippen molar-refractivity contribution in [2.45, 2.75) is 33.2 Å². The van der Waals surface area contributed by atoms with Gasteiger partial charge in [0.1, 0.15) is 0 Å².